The third-order valence-electron chi connectivity index (χ3n) is 3.52. The Morgan fingerprint density at radius 1 is 1.43 bits per heavy atom. The maximum absolute atomic E-state index is 6.37. The van der Waals surface area contributed by atoms with Gasteiger partial charge in [-0.15, -0.1) is 0 Å². The number of hydrogen-bond donors (Lipinski definition) is 1. The van der Waals surface area contributed by atoms with Crippen LogP contribution in [0.3, 0.4) is 0 Å². The first-order valence-electron chi connectivity index (χ1n) is 7.13. The molecule has 1 aromatic carbocycles. The summed E-state index contributed by atoms with van der Waals surface area (Å²) in [5, 5.41) is 4.35. The zero-order valence-corrected chi connectivity index (χ0v) is 14.1. The predicted molar refractivity (Wildman–Crippen MR) is 88.2 cm³/mol. The van der Waals surface area contributed by atoms with Crippen LogP contribution in [0.25, 0.3) is 0 Å². The summed E-state index contributed by atoms with van der Waals surface area (Å²) in [4.78, 5) is 0. The highest BCUT2D eigenvalue weighted by molar-refractivity contribution is 9.10. The molecule has 2 N–H and O–H groups in total. The molecule has 0 fully saturated rings. The van der Waals surface area contributed by atoms with E-state index in [1.807, 2.05) is 4.68 Å². The van der Waals surface area contributed by atoms with Gasteiger partial charge >= 0.3 is 0 Å². The van der Waals surface area contributed by atoms with E-state index in [9.17, 15) is 0 Å². The molecule has 0 radical (unpaired) electrons. The second-order valence-corrected chi connectivity index (χ2v) is 6.08. The fourth-order valence-electron chi connectivity index (χ4n) is 2.42. The van der Waals surface area contributed by atoms with Crippen LogP contribution in [0.4, 0.5) is 0 Å². The molecule has 0 spiro atoms. The average molecular weight is 352 g/mol. The van der Waals surface area contributed by atoms with Gasteiger partial charge in [-0.1, -0.05) is 29.8 Å². The van der Waals surface area contributed by atoms with Crippen molar-refractivity contribution in [3.8, 4) is 0 Å². The maximum Gasteiger partial charge on any atom is 0.0694 e. The van der Waals surface area contributed by atoms with Crippen LogP contribution in [0.5, 0.6) is 0 Å². The first kappa shape index (κ1) is 16.2. The number of rotatable bonds is 7. The standard InChI is InChI=1S/C16H22BrN3O/c1-12-4-3-5-13(10-12)6-7-15(18)16-14(17)11-19-20(16)8-9-21-2/h3-5,10-11,15H,6-9,18H2,1-2H3. The lowest BCUT2D eigenvalue weighted by atomic mass is 10.0. The van der Waals surface area contributed by atoms with Crippen molar-refractivity contribution >= 4 is 15.9 Å². The Hall–Kier alpha value is -1.17. The number of benzene rings is 1. The normalized spacial score (nSPS) is 12.6. The van der Waals surface area contributed by atoms with Gasteiger partial charge in [-0.3, -0.25) is 4.68 Å². The summed E-state index contributed by atoms with van der Waals surface area (Å²) in [6.45, 7) is 3.46. The molecule has 0 aliphatic rings. The topological polar surface area (TPSA) is 53.1 Å². The minimum Gasteiger partial charge on any atom is -0.383 e. The Labute approximate surface area is 134 Å². The average Bonchev–Trinajstić information content (AvgIpc) is 2.83. The number of aromatic nitrogens is 2. The highest BCUT2D eigenvalue weighted by Crippen LogP contribution is 2.25. The molecule has 0 aliphatic heterocycles. The molecule has 4 nitrogen and oxygen atoms in total. The van der Waals surface area contributed by atoms with Gasteiger partial charge in [-0.2, -0.15) is 5.10 Å². The quantitative estimate of drug-likeness (QED) is 0.832. The minimum atomic E-state index is -0.0424. The fourth-order valence-corrected chi connectivity index (χ4v) is 3.01. The Balaban J connectivity index is 2.02. The van der Waals surface area contributed by atoms with E-state index < -0.39 is 0 Å². The van der Waals surface area contributed by atoms with Crippen molar-refractivity contribution < 1.29 is 4.74 Å². The van der Waals surface area contributed by atoms with Gasteiger partial charge in [0, 0.05) is 13.2 Å². The monoisotopic (exact) mass is 351 g/mol. The van der Waals surface area contributed by atoms with Gasteiger partial charge in [0.2, 0.25) is 0 Å². The van der Waals surface area contributed by atoms with Gasteiger partial charge in [0.15, 0.2) is 0 Å². The van der Waals surface area contributed by atoms with Crippen molar-refractivity contribution in [1.82, 2.24) is 9.78 Å². The van der Waals surface area contributed by atoms with E-state index in [4.69, 9.17) is 10.5 Å². The Bertz CT molecular complexity index is 583. The molecule has 0 aliphatic carbocycles. The van der Waals surface area contributed by atoms with Crippen LogP contribution in [0.2, 0.25) is 0 Å². The van der Waals surface area contributed by atoms with Crippen molar-refractivity contribution in [2.75, 3.05) is 13.7 Å². The van der Waals surface area contributed by atoms with Crippen molar-refractivity contribution in [2.24, 2.45) is 5.73 Å². The number of halogens is 1. The Kier molecular flexibility index (Phi) is 5.96. The number of nitrogens with two attached hydrogens (primary N) is 1. The zero-order valence-electron chi connectivity index (χ0n) is 12.6. The summed E-state index contributed by atoms with van der Waals surface area (Å²) in [5.41, 5.74) is 10.0. The van der Waals surface area contributed by atoms with E-state index in [0.29, 0.717) is 6.61 Å². The van der Waals surface area contributed by atoms with E-state index in [1.165, 1.54) is 11.1 Å². The fraction of sp³-hybridized carbons (Fsp3) is 0.438. The number of aryl methyl sites for hydroxylation is 2. The lowest BCUT2D eigenvalue weighted by Crippen LogP contribution is -2.19. The SMILES string of the molecule is COCCn1ncc(Br)c1C(N)CCc1cccc(C)c1. The molecule has 114 valence electrons. The van der Waals surface area contributed by atoms with Crippen LogP contribution < -0.4 is 5.73 Å². The van der Waals surface area contributed by atoms with Gasteiger partial charge in [0.25, 0.3) is 0 Å². The number of methoxy groups -OCH3 is 1. The van der Waals surface area contributed by atoms with Crippen LogP contribution >= 0.6 is 15.9 Å². The first-order valence-corrected chi connectivity index (χ1v) is 7.92. The first-order chi connectivity index (χ1) is 10.1. The smallest absolute Gasteiger partial charge is 0.0694 e. The molecule has 1 heterocycles. The molecule has 2 aromatic rings. The molecular weight excluding hydrogens is 330 g/mol. The number of nitrogens with zero attached hydrogens (tertiary/aromatic N) is 2. The second kappa shape index (κ2) is 7.73. The summed E-state index contributed by atoms with van der Waals surface area (Å²) in [5.74, 6) is 0. The Morgan fingerprint density at radius 3 is 2.95 bits per heavy atom. The van der Waals surface area contributed by atoms with Crippen LogP contribution in [0.15, 0.2) is 34.9 Å². The molecule has 0 amide bonds. The molecular formula is C16H22BrN3O. The molecule has 2 rings (SSSR count). The van der Waals surface area contributed by atoms with E-state index in [1.54, 1.807) is 13.3 Å². The number of hydrogen-bond acceptors (Lipinski definition) is 3. The third-order valence-corrected chi connectivity index (χ3v) is 4.13. The van der Waals surface area contributed by atoms with Gasteiger partial charge < -0.3 is 10.5 Å². The molecule has 21 heavy (non-hydrogen) atoms. The molecule has 0 saturated heterocycles. The maximum atomic E-state index is 6.37. The lowest BCUT2D eigenvalue weighted by Gasteiger charge is -2.15. The molecule has 1 aromatic heterocycles. The highest BCUT2D eigenvalue weighted by Gasteiger charge is 2.16. The van der Waals surface area contributed by atoms with Gasteiger partial charge in [-0.05, 0) is 41.3 Å². The lowest BCUT2D eigenvalue weighted by molar-refractivity contribution is 0.182. The largest absolute Gasteiger partial charge is 0.383 e. The van der Waals surface area contributed by atoms with Crippen LogP contribution in [-0.2, 0) is 17.7 Å². The highest BCUT2D eigenvalue weighted by atomic mass is 79.9. The van der Waals surface area contributed by atoms with Crippen molar-refractivity contribution in [3.63, 3.8) is 0 Å². The van der Waals surface area contributed by atoms with Crippen LogP contribution in [-0.4, -0.2) is 23.5 Å². The molecule has 5 heteroatoms. The summed E-state index contributed by atoms with van der Waals surface area (Å²) in [7, 11) is 1.69. The van der Waals surface area contributed by atoms with Crippen molar-refractivity contribution in [2.45, 2.75) is 32.4 Å². The summed E-state index contributed by atoms with van der Waals surface area (Å²) in [6.07, 6.45) is 3.66. The molecule has 0 saturated carbocycles. The van der Waals surface area contributed by atoms with Crippen LogP contribution in [0, 0.1) is 6.92 Å². The second-order valence-electron chi connectivity index (χ2n) is 5.23. The summed E-state index contributed by atoms with van der Waals surface area (Å²) >= 11 is 3.54. The summed E-state index contributed by atoms with van der Waals surface area (Å²) in [6, 6.07) is 8.52. The third kappa shape index (κ3) is 4.40. The van der Waals surface area contributed by atoms with E-state index in [-0.39, 0.29) is 6.04 Å². The minimum absolute atomic E-state index is 0.0424. The predicted octanol–water partition coefficient (Wildman–Crippen LogP) is 3.23. The van der Waals surface area contributed by atoms with E-state index in [2.05, 4.69) is 52.2 Å². The zero-order chi connectivity index (χ0) is 15.2. The van der Waals surface area contributed by atoms with Crippen molar-refractivity contribution in [1.29, 1.82) is 0 Å². The Morgan fingerprint density at radius 2 is 2.24 bits per heavy atom. The van der Waals surface area contributed by atoms with Crippen LogP contribution in [0.1, 0.15) is 29.3 Å². The molecule has 1 atom stereocenters. The van der Waals surface area contributed by atoms with E-state index in [0.717, 1.165) is 29.6 Å². The van der Waals surface area contributed by atoms with Crippen molar-refractivity contribution in [3.05, 3.63) is 51.8 Å². The van der Waals surface area contributed by atoms with Gasteiger partial charge in [0.05, 0.1) is 29.5 Å². The molecule has 1 unspecified atom stereocenters. The summed E-state index contributed by atoms with van der Waals surface area (Å²) < 4.78 is 8.01. The molecule has 0 bridgehead atoms. The van der Waals surface area contributed by atoms with E-state index >= 15 is 0 Å². The number of ether oxygens (including phenoxy) is 1. The van der Waals surface area contributed by atoms with Gasteiger partial charge in [-0.25, -0.2) is 0 Å². The van der Waals surface area contributed by atoms with Gasteiger partial charge in [0.1, 0.15) is 0 Å².